The molecule has 0 aliphatic carbocycles. The SMILES string of the molecule is Cc1ccc(N(c2ccc(N(c3ccccc3)c3ccccc3)cc2)c2c3ccccc3c(-c3c4ccccc4c(N(c4ccc(C)cc4)c4ccc(N(c5ccccc5)c5ccccc5)cc4)c4ccccc34)c3ccccc23)cc1. The third-order valence-electron chi connectivity index (χ3n) is 15.9. The summed E-state index contributed by atoms with van der Waals surface area (Å²) in [6.45, 7) is 4.32. The maximum atomic E-state index is 2.47. The minimum absolute atomic E-state index is 1.06. The van der Waals surface area contributed by atoms with Crippen molar-refractivity contribution in [1.82, 2.24) is 0 Å². The topological polar surface area (TPSA) is 13.0 Å². The number of aryl methyl sites for hydroxylation is 2. The zero-order valence-electron chi connectivity index (χ0n) is 45.8. The van der Waals surface area contributed by atoms with Crippen molar-refractivity contribution in [3.63, 3.8) is 0 Å². The first kappa shape index (κ1) is 49.6. The number of anilines is 12. The number of hydrogen-bond acceptors (Lipinski definition) is 4. The molecule has 14 aromatic carbocycles. The highest BCUT2D eigenvalue weighted by molar-refractivity contribution is 6.30. The molecule has 4 heteroatoms. The second-order valence-electron chi connectivity index (χ2n) is 21.0. The van der Waals surface area contributed by atoms with Crippen molar-refractivity contribution >= 4 is 111 Å². The molecule has 0 aliphatic heterocycles. The molecule has 0 aromatic heterocycles. The molecule has 0 bridgehead atoms. The third kappa shape index (κ3) is 9.03. The lowest BCUT2D eigenvalue weighted by molar-refractivity contribution is 1.26. The van der Waals surface area contributed by atoms with E-state index in [0.717, 1.165) is 89.8 Å². The lowest BCUT2D eigenvalue weighted by Gasteiger charge is -2.32. The van der Waals surface area contributed by atoms with Crippen LogP contribution in [0.4, 0.5) is 68.2 Å². The van der Waals surface area contributed by atoms with Crippen molar-refractivity contribution in [2.45, 2.75) is 13.8 Å². The highest BCUT2D eigenvalue weighted by Crippen LogP contribution is 2.54. The van der Waals surface area contributed by atoms with E-state index in [1.54, 1.807) is 0 Å². The second-order valence-corrected chi connectivity index (χ2v) is 21.0. The molecule has 0 heterocycles. The highest BCUT2D eigenvalue weighted by atomic mass is 15.2. The Balaban J connectivity index is 0.979. The summed E-state index contributed by atoms with van der Waals surface area (Å²) < 4.78 is 0. The first-order valence-corrected chi connectivity index (χ1v) is 28.2. The lowest BCUT2D eigenvalue weighted by atomic mass is 9.84. The van der Waals surface area contributed by atoms with Gasteiger partial charge in [0.1, 0.15) is 0 Å². The van der Waals surface area contributed by atoms with Crippen molar-refractivity contribution in [3.05, 3.63) is 327 Å². The van der Waals surface area contributed by atoms with E-state index in [0.29, 0.717) is 0 Å². The van der Waals surface area contributed by atoms with Crippen molar-refractivity contribution in [2.75, 3.05) is 19.6 Å². The van der Waals surface area contributed by atoms with E-state index < -0.39 is 0 Å². The molecule has 390 valence electrons. The van der Waals surface area contributed by atoms with Crippen LogP contribution in [-0.4, -0.2) is 0 Å². The maximum absolute atomic E-state index is 2.47. The Labute approximate surface area is 479 Å². The Bertz CT molecular complexity index is 4060. The van der Waals surface area contributed by atoms with E-state index in [4.69, 9.17) is 0 Å². The van der Waals surface area contributed by atoms with Crippen molar-refractivity contribution in [3.8, 4) is 11.1 Å². The van der Waals surface area contributed by atoms with Gasteiger partial charge in [0.2, 0.25) is 0 Å². The van der Waals surface area contributed by atoms with Gasteiger partial charge in [-0.05, 0) is 168 Å². The predicted octanol–water partition coefficient (Wildman–Crippen LogP) is 22.5. The van der Waals surface area contributed by atoms with Crippen LogP contribution in [0.15, 0.2) is 315 Å². The van der Waals surface area contributed by atoms with Crippen LogP contribution in [-0.2, 0) is 0 Å². The molecule has 0 spiro atoms. The van der Waals surface area contributed by atoms with Crippen molar-refractivity contribution in [2.24, 2.45) is 0 Å². The van der Waals surface area contributed by atoms with Crippen LogP contribution in [0.3, 0.4) is 0 Å². The Kier molecular flexibility index (Phi) is 13.0. The van der Waals surface area contributed by atoms with Crippen LogP contribution in [0.2, 0.25) is 0 Å². The van der Waals surface area contributed by atoms with Gasteiger partial charge < -0.3 is 19.6 Å². The van der Waals surface area contributed by atoms with Gasteiger partial charge in [0.25, 0.3) is 0 Å². The lowest BCUT2D eigenvalue weighted by Crippen LogP contribution is -2.13. The summed E-state index contributed by atoms with van der Waals surface area (Å²) in [5.41, 5.74) is 18.0. The van der Waals surface area contributed by atoms with E-state index in [1.165, 1.54) is 43.8 Å². The van der Waals surface area contributed by atoms with Crippen LogP contribution in [0.5, 0.6) is 0 Å². The quantitative estimate of drug-likeness (QED) is 0.107. The van der Waals surface area contributed by atoms with E-state index >= 15 is 0 Å². The first-order valence-electron chi connectivity index (χ1n) is 28.2. The molecule has 4 nitrogen and oxygen atoms in total. The van der Waals surface area contributed by atoms with E-state index in [2.05, 4.69) is 349 Å². The van der Waals surface area contributed by atoms with Crippen LogP contribution in [0.1, 0.15) is 11.1 Å². The fraction of sp³-hybridized carbons (Fsp3) is 0.0256. The van der Waals surface area contributed by atoms with E-state index in [1.807, 2.05) is 0 Å². The number of benzene rings is 14. The summed E-state index contributed by atoms with van der Waals surface area (Å²) in [7, 11) is 0. The Hall–Kier alpha value is -10.7. The average Bonchev–Trinajstić information content (AvgIpc) is 3.43. The fourth-order valence-electron chi connectivity index (χ4n) is 12.1. The van der Waals surface area contributed by atoms with Gasteiger partial charge in [-0.25, -0.2) is 0 Å². The largest absolute Gasteiger partial charge is 0.311 e. The van der Waals surface area contributed by atoms with Gasteiger partial charge in [-0.15, -0.1) is 0 Å². The molecule has 0 atom stereocenters. The number of fused-ring (bicyclic) bond motifs is 4. The normalized spacial score (nSPS) is 11.3. The summed E-state index contributed by atoms with van der Waals surface area (Å²) in [5, 5.41) is 9.37. The van der Waals surface area contributed by atoms with E-state index in [-0.39, 0.29) is 0 Å². The Morgan fingerprint density at radius 1 is 0.159 bits per heavy atom. The average molecular weight is 1050 g/mol. The number of para-hydroxylation sites is 4. The molecule has 0 N–H and O–H groups in total. The molecular weight excluding hydrogens is 993 g/mol. The molecule has 0 saturated heterocycles. The standard InChI is InChI=1S/C78H58N4/c1-55-39-43-63(44-40-55)81(65-51-47-61(48-52-65)79(57-23-7-3-8-24-57)58-25-9-4-10-26-58)77-71-35-19-15-31-67(71)75(68-32-16-20-36-72(68)77)76-69-33-17-21-37-73(69)78(74-38-22-18-34-70(74)76)82(64-45-41-56(2)42-46-64)66-53-49-62(50-54-66)80(59-27-11-5-12-28-59)60-29-13-6-14-30-60/h3-54H,1-2H3. The molecule has 14 aromatic rings. The van der Waals surface area contributed by atoms with Crippen LogP contribution < -0.4 is 19.6 Å². The van der Waals surface area contributed by atoms with E-state index in [9.17, 15) is 0 Å². The van der Waals surface area contributed by atoms with Crippen LogP contribution >= 0.6 is 0 Å². The summed E-state index contributed by atoms with van der Waals surface area (Å²) in [5.74, 6) is 0. The van der Waals surface area contributed by atoms with Gasteiger partial charge in [-0.2, -0.15) is 0 Å². The monoisotopic (exact) mass is 1050 g/mol. The molecular formula is C78H58N4. The summed E-state index contributed by atoms with van der Waals surface area (Å²) in [4.78, 5) is 9.58. The highest BCUT2D eigenvalue weighted by Gasteiger charge is 2.28. The molecule has 14 rings (SSSR count). The number of nitrogens with zero attached hydrogens (tertiary/aromatic N) is 4. The van der Waals surface area contributed by atoms with Gasteiger partial charge in [0.05, 0.1) is 11.4 Å². The molecule has 0 unspecified atom stereocenters. The van der Waals surface area contributed by atoms with Crippen molar-refractivity contribution < 1.29 is 0 Å². The van der Waals surface area contributed by atoms with Crippen molar-refractivity contribution in [1.29, 1.82) is 0 Å². The number of hydrogen-bond donors (Lipinski definition) is 0. The number of rotatable bonds is 13. The minimum Gasteiger partial charge on any atom is -0.311 e. The smallest absolute Gasteiger partial charge is 0.0618 e. The molecule has 0 amide bonds. The van der Waals surface area contributed by atoms with Crippen LogP contribution in [0.25, 0.3) is 54.2 Å². The fourth-order valence-corrected chi connectivity index (χ4v) is 12.1. The molecule has 0 fully saturated rings. The van der Waals surface area contributed by atoms with Crippen LogP contribution in [0, 0.1) is 13.8 Å². The maximum Gasteiger partial charge on any atom is 0.0618 e. The second kappa shape index (κ2) is 21.5. The van der Waals surface area contributed by atoms with Gasteiger partial charge in [0, 0.05) is 78.4 Å². The molecule has 0 radical (unpaired) electrons. The summed E-state index contributed by atoms with van der Waals surface area (Å²) in [6.07, 6.45) is 0. The van der Waals surface area contributed by atoms with Gasteiger partial charge in [-0.3, -0.25) is 0 Å². The zero-order valence-corrected chi connectivity index (χ0v) is 45.8. The van der Waals surface area contributed by atoms with Gasteiger partial charge >= 0.3 is 0 Å². The minimum atomic E-state index is 1.06. The molecule has 82 heavy (non-hydrogen) atoms. The Morgan fingerprint density at radius 2 is 0.329 bits per heavy atom. The zero-order chi connectivity index (χ0) is 54.9. The summed E-state index contributed by atoms with van der Waals surface area (Å²) in [6, 6.07) is 115. The van der Waals surface area contributed by atoms with Gasteiger partial charge in [-0.1, -0.05) is 205 Å². The molecule has 0 aliphatic rings. The first-order chi connectivity index (χ1) is 40.6. The third-order valence-corrected chi connectivity index (χ3v) is 15.9. The summed E-state index contributed by atoms with van der Waals surface area (Å²) >= 11 is 0. The Morgan fingerprint density at radius 3 is 0.561 bits per heavy atom. The molecule has 0 saturated carbocycles. The van der Waals surface area contributed by atoms with Gasteiger partial charge in [0.15, 0.2) is 0 Å². The predicted molar refractivity (Wildman–Crippen MR) is 350 cm³/mol.